The molecule has 1 heterocycles. The molecule has 0 spiro atoms. The number of nitrogens with one attached hydrogen (secondary N) is 1. The fourth-order valence-electron chi connectivity index (χ4n) is 1.52. The molecule has 6 heteroatoms. The molecule has 2 rings (SSSR count). The number of aromatic nitrogens is 2. The number of amides is 1. The van der Waals surface area contributed by atoms with Crippen LogP contribution in [0.5, 0.6) is 0 Å². The van der Waals surface area contributed by atoms with Crippen LogP contribution in [-0.4, -0.2) is 27.4 Å². The van der Waals surface area contributed by atoms with Crippen LogP contribution in [0.25, 0.3) is 0 Å². The highest BCUT2D eigenvalue weighted by Gasteiger charge is 2.08. The van der Waals surface area contributed by atoms with Crippen molar-refractivity contribution >= 4 is 29.1 Å². The van der Waals surface area contributed by atoms with E-state index in [2.05, 4.69) is 15.3 Å². The van der Waals surface area contributed by atoms with E-state index in [4.69, 9.17) is 0 Å². The number of carbonyl (C=O) groups is 2. The fraction of sp³-hybridized carbons (Fsp3) is 0.143. The minimum Gasteiger partial charge on any atom is -0.326 e. The summed E-state index contributed by atoms with van der Waals surface area (Å²) in [5.41, 5.74) is 1.27. The van der Waals surface area contributed by atoms with Gasteiger partial charge in [0.05, 0.1) is 5.75 Å². The predicted molar refractivity (Wildman–Crippen MR) is 77.8 cm³/mol. The van der Waals surface area contributed by atoms with Gasteiger partial charge >= 0.3 is 0 Å². The van der Waals surface area contributed by atoms with E-state index in [0.29, 0.717) is 16.4 Å². The third-order valence-electron chi connectivity index (χ3n) is 2.40. The van der Waals surface area contributed by atoms with Gasteiger partial charge in [0, 0.05) is 30.6 Å². The summed E-state index contributed by atoms with van der Waals surface area (Å²) >= 11 is 1.30. The molecule has 1 amide bonds. The summed E-state index contributed by atoms with van der Waals surface area (Å²) in [6.07, 6.45) is 3.28. The van der Waals surface area contributed by atoms with Gasteiger partial charge < -0.3 is 5.32 Å². The Labute approximate surface area is 120 Å². The van der Waals surface area contributed by atoms with Crippen LogP contribution in [0.15, 0.2) is 47.9 Å². The van der Waals surface area contributed by atoms with Crippen molar-refractivity contribution in [2.75, 3.05) is 11.1 Å². The van der Waals surface area contributed by atoms with Crippen LogP contribution in [-0.2, 0) is 4.79 Å². The maximum absolute atomic E-state index is 12.0. The number of benzene rings is 1. The lowest BCUT2D eigenvalue weighted by atomic mass is 10.1. The summed E-state index contributed by atoms with van der Waals surface area (Å²) in [5.74, 6) is 0.140. The topological polar surface area (TPSA) is 72.0 Å². The lowest BCUT2D eigenvalue weighted by Crippen LogP contribution is -2.07. The lowest BCUT2D eigenvalue weighted by Gasteiger charge is -2.04. The minimum absolute atomic E-state index is 0.00294. The van der Waals surface area contributed by atoms with Crippen LogP contribution in [0.1, 0.15) is 17.3 Å². The van der Waals surface area contributed by atoms with Gasteiger partial charge in [0.1, 0.15) is 0 Å². The van der Waals surface area contributed by atoms with Crippen molar-refractivity contribution in [1.82, 2.24) is 9.97 Å². The molecule has 0 saturated carbocycles. The van der Waals surface area contributed by atoms with Crippen LogP contribution >= 0.6 is 11.8 Å². The molecule has 0 radical (unpaired) electrons. The third kappa shape index (κ3) is 4.17. The van der Waals surface area contributed by atoms with Crippen LogP contribution in [0, 0.1) is 0 Å². The van der Waals surface area contributed by atoms with Crippen LogP contribution in [0.2, 0.25) is 0 Å². The third-order valence-corrected chi connectivity index (χ3v) is 3.28. The molecule has 5 nitrogen and oxygen atoms in total. The molecule has 0 bridgehead atoms. The van der Waals surface area contributed by atoms with E-state index < -0.39 is 0 Å². The highest BCUT2D eigenvalue weighted by Crippen LogP contribution is 2.15. The summed E-state index contributed by atoms with van der Waals surface area (Å²) in [6, 6.07) is 8.53. The molecule has 0 aliphatic heterocycles. The molecule has 0 atom stereocenters. The summed E-state index contributed by atoms with van der Waals surface area (Å²) in [4.78, 5) is 31.0. The Kier molecular flexibility index (Phi) is 4.84. The van der Waals surface area contributed by atoms with Gasteiger partial charge in [-0.1, -0.05) is 11.8 Å². The zero-order valence-electron chi connectivity index (χ0n) is 10.9. The number of ketones is 1. The molecule has 1 aromatic carbocycles. The van der Waals surface area contributed by atoms with Crippen molar-refractivity contribution in [1.29, 1.82) is 0 Å². The van der Waals surface area contributed by atoms with E-state index in [1.165, 1.54) is 18.7 Å². The quantitative estimate of drug-likeness (QED) is 0.519. The second-order valence-corrected chi connectivity index (χ2v) is 4.94. The van der Waals surface area contributed by atoms with Gasteiger partial charge in [-0.05, 0) is 30.3 Å². The number of anilines is 1. The molecular weight excluding hydrogens is 274 g/mol. The maximum Gasteiger partial charge on any atom is 0.221 e. The zero-order chi connectivity index (χ0) is 14.4. The van der Waals surface area contributed by atoms with Gasteiger partial charge in [-0.3, -0.25) is 9.59 Å². The Morgan fingerprint density at radius 1 is 1.15 bits per heavy atom. The number of rotatable bonds is 5. The fourth-order valence-corrected chi connectivity index (χ4v) is 2.21. The molecular formula is C14H13N3O2S. The summed E-state index contributed by atoms with van der Waals surface area (Å²) in [6.45, 7) is 1.44. The molecule has 2 aromatic rings. The average Bonchev–Trinajstić information content (AvgIpc) is 2.46. The number of Topliss-reactive ketones (excluding diaryl/α,β-unsaturated/α-hetero) is 1. The first kappa shape index (κ1) is 14.2. The first-order chi connectivity index (χ1) is 9.65. The Morgan fingerprint density at radius 2 is 1.80 bits per heavy atom. The molecule has 0 fully saturated rings. The van der Waals surface area contributed by atoms with Gasteiger partial charge in [0.15, 0.2) is 10.9 Å². The van der Waals surface area contributed by atoms with Crippen molar-refractivity contribution < 1.29 is 9.59 Å². The van der Waals surface area contributed by atoms with Gasteiger partial charge in [0.25, 0.3) is 0 Å². The van der Waals surface area contributed by atoms with E-state index in [1.807, 2.05) is 0 Å². The zero-order valence-corrected chi connectivity index (χ0v) is 11.7. The Hall–Kier alpha value is -2.21. The normalized spacial score (nSPS) is 10.1. The second-order valence-electron chi connectivity index (χ2n) is 4.00. The Morgan fingerprint density at radius 3 is 2.40 bits per heavy atom. The van der Waals surface area contributed by atoms with Crippen LogP contribution in [0.3, 0.4) is 0 Å². The minimum atomic E-state index is -0.138. The van der Waals surface area contributed by atoms with E-state index in [9.17, 15) is 9.59 Å². The smallest absolute Gasteiger partial charge is 0.221 e. The maximum atomic E-state index is 12.0. The standard InChI is InChI=1S/C14H13N3O2S/c1-10(18)17-12-5-3-11(4-6-12)13(19)9-20-14-15-7-2-8-16-14/h2-8H,9H2,1H3,(H,17,18). The summed E-state index contributed by atoms with van der Waals surface area (Å²) in [5, 5.41) is 3.23. The number of hydrogen-bond donors (Lipinski definition) is 1. The van der Waals surface area contributed by atoms with Crippen LogP contribution in [0.4, 0.5) is 5.69 Å². The number of hydrogen-bond acceptors (Lipinski definition) is 5. The molecule has 0 unspecified atom stereocenters. The van der Waals surface area contributed by atoms with E-state index in [-0.39, 0.29) is 17.4 Å². The van der Waals surface area contributed by atoms with Gasteiger partial charge in [-0.15, -0.1) is 0 Å². The van der Waals surface area contributed by atoms with Crippen molar-refractivity contribution in [3.63, 3.8) is 0 Å². The Balaban J connectivity index is 1.94. The molecule has 0 aliphatic carbocycles. The van der Waals surface area contributed by atoms with Crippen molar-refractivity contribution in [3.8, 4) is 0 Å². The molecule has 0 saturated heterocycles. The summed E-state index contributed by atoms with van der Waals surface area (Å²) < 4.78 is 0. The lowest BCUT2D eigenvalue weighted by molar-refractivity contribution is -0.114. The highest BCUT2D eigenvalue weighted by atomic mass is 32.2. The number of nitrogens with zero attached hydrogens (tertiary/aromatic N) is 2. The first-order valence-corrected chi connectivity index (χ1v) is 6.94. The van der Waals surface area contributed by atoms with Crippen molar-refractivity contribution in [2.45, 2.75) is 12.1 Å². The first-order valence-electron chi connectivity index (χ1n) is 5.96. The molecule has 20 heavy (non-hydrogen) atoms. The van der Waals surface area contributed by atoms with Crippen molar-refractivity contribution in [3.05, 3.63) is 48.3 Å². The number of carbonyl (C=O) groups excluding carboxylic acids is 2. The van der Waals surface area contributed by atoms with Gasteiger partial charge in [0.2, 0.25) is 5.91 Å². The SMILES string of the molecule is CC(=O)Nc1ccc(C(=O)CSc2ncccn2)cc1. The number of thioether (sulfide) groups is 1. The summed E-state index contributed by atoms with van der Waals surface area (Å²) in [7, 11) is 0. The van der Waals surface area contributed by atoms with Crippen molar-refractivity contribution in [2.24, 2.45) is 0 Å². The highest BCUT2D eigenvalue weighted by molar-refractivity contribution is 7.99. The van der Waals surface area contributed by atoms with E-state index in [0.717, 1.165) is 0 Å². The van der Waals surface area contributed by atoms with E-state index in [1.54, 1.807) is 42.7 Å². The Bertz CT molecular complexity index is 600. The second kappa shape index (κ2) is 6.81. The predicted octanol–water partition coefficient (Wildman–Crippen LogP) is 2.41. The molecule has 0 aliphatic rings. The molecule has 1 N–H and O–H groups in total. The van der Waals surface area contributed by atoms with Gasteiger partial charge in [-0.2, -0.15) is 0 Å². The van der Waals surface area contributed by atoms with Gasteiger partial charge in [-0.25, -0.2) is 9.97 Å². The average molecular weight is 287 g/mol. The molecule has 102 valence electrons. The molecule has 1 aromatic heterocycles. The van der Waals surface area contributed by atoms with Crippen LogP contribution < -0.4 is 5.32 Å². The largest absolute Gasteiger partial charge is 0.326 e. The monoisotopic (exact) mass is 287 g/mol. The van der Waals surface area contributed by atoms with E-state index >= 15 is 0 Å².